The number of hydrogen-bond donors (Lipinski definition) is 1. The smallest absolute Gasteiger partial charge is 0.260 e. The summed E-state index contributed by atoms with van der Waals surface area (Å²) in [6.07, 6.45) is 1.76. The van der Waals surface area contributed by atoms with Crippen LogP contribution in [-0.4, -0.2) is 10.1 Å². The highest BCUT2D eigenvalue weighted by atomic mass is 16.5. The molecule has 4 rings (SSSR count). The summed E-state index contributed by atoms with van der Waals surface area (Å²) < 4.78 is 5.39. The van der Waals surface area contributed by atoms with Crippen molar-refractivity contribution in [1.82, 2.24) is 10.1 Å². The molecular formula is C22H15N3O2. The lowest BCUT2D eigenvalue weighted by atomic mass is 9.93. The van der Waals surface area contributed by atoms with Crippen LogP contribution in [-0.2, 0) is 0 Å². The summed E-state index contributed by atoms with van der Waals surface area (Å²) in [6.45, 7) is 5.57. The van der Waals surface area contributed by atoms with E-state index in [1.165, 1.54) is 0 Å². The number of nitriles is 1. The molecule has 2 aromatic carbocycles. The van der Waals surface area contributed by atoms with Crippen LogP contribution in [0.15, 0.2) is 64.4 Å². The number of nitrogens with one attached hydrogen (secondary N) is 1. The van der Waals surface area contributed by atoms with Gasteiger partial charge >= 0.3 is 0 Å². The second-order valence-corrected chi connectivity index (χ2v) is 6.23. The Balaban J connectivity index is 2.14. The third-order valence-electron chi connectivity index (χ3n) is 4.45. The van der Waals surface area contributed by atoms with Crippen LogP contribution in [0.4, 0.5) is 0 Å². The van der Waals surface area contributed by atoms with Crippen molar-refractivity contribution in [3.05, 3.63) is 82.3 Å². The van der Waals surface area contributed by atoms with Gasteiger partial charge in [0.1, 0.15) is 0 Å². The summed E-state index contributed by atoms with van der Waals surface area (Å²) in [5.41, 5.74) is 4.50. The summed E-state index contributed by atoms with van der Waals surface area (Å²) in [7, 11) is 0. The quantitative estimate of drug-likeness (QED) is 0.580. The number of aromatic amines is 1. The molecule has 0 aliphatic carbocycles. The molecule has 0 bridgehead atoms. The average Bonchev–Trinajstić information content (AvgIpc) is 3.12. The van der Waals surface area contributed by atoms with Crippen LogP contribution >= 0.6 is 0 Å². The van der Waals surface area contributed by atoms with Crippen LogP contribution in [0.5, 0.6) is 0 Å². The van der Waals surface area contributed by atoms with Gasteiger partial charge in [-0.05, 0) is 36.2 Å². The number of rotatable bonds is 3. The first kappa shape index (κ1) is 16.6. The number of aryl methyl sites for hydroxylation is 1. The van der Waals surface area contributed by atoms with Gasteiger partial charge in [-0.3, -0.25) is 4.79 Å². The first-order valence-corrected chi connectivity index (χ1v) is 8.37. The third-order valence-corrected chi connectivity index (χ3v) is 4.45. The summed E-state index contributed by atoms with van der Waals surface area (Å²) in [5.74, 6) is 0.390. The Labute approximate surface area is 155 Å². The molecule has 4 aromatic rings. The molecule has 5 nitrogen and oxygen atoms in total. The molecule has 0 radical (unpaired) electrons. The molecule has 0 aliphatic rings. The minimum Gasteiger partial charge on any atom is -0.356 e. The molecule has 27 heavy (non-hydrogen) atoms. The van der Waals surface area contributed by atoms with Crippen molar-refractivity contribution in [2.45, 2.75) is 6.92 Å². The second kappa shape index (κ2) is 6.43. The highest BCUT2D eigenvalue weighted by Crippen LogP contribution is 2.35. The molecular weight excluding hydrogens is 338 g/mol. The molecule has 0 saturated carbocycles. The molecule has 1 N–H and O–H groups in total. The van der Waals surface area contributed by atoms with E-state index in [-0.39, 0.29) is 5.56 Å². The number of hydrogen-bond acceptors (Lipinski definition) is 4. The Morgan fingerprint density at radius 3 is 2.56 bits per heavy atom. The molecule has 130 valence electrons. The fourth-order valence-electron chi connectivity index (χ4n) is 3.16. The van der Waals surface area contributed by atoms with E-state index in [0.717, 1.165) is 16.5 Å². The fraction of sp³-hybridized carbons (Fsp3) is 0.0455. The predicted molar refractivity (Wildman–Crippen MR) is 105 cm³/mol. The van der Waals surface area contributed by atoms with Crippen molar-refractivity contribution in [3.63, 3.8) is 0 Å². The molecule has 0 fully saturated rings. The van der Waals surface area contributed by atoms with Crippen LogP contribution in [0.3, 0.4) is 0 Å². The zero-order chi connectivity index (χ0) is 19.0. The highest BCUT2D eigenvalue weighted by Gasteiger charge is 2.20. The van der Waals surface area contributed by atoms with E-state index in [0.29, 0.717) is 33.7 Å². The first-order valence-electron chi connectivity index (χ1n) is 8.37. The van der Waals surface area contributed by atoms with Gasteiger partial charge in [0, 0.05) is 22.5 Å². The van der Waals surface area contributed by atoms with E-state index in [9.17, 15) is 10.1 Å². The van der Waals surface area contributed by atoms with E-state index in [4.69, 9.17) is 4.52 Å². The average molecular weight is 353 g/mol. The van der Waals surface area contributed by atoms with Gasteiger partial charge in [-0.1, -0.05) is 42.1 Å². The fourth-order valence-corrected chi connectivity index (χ4v) is 3.16. The Morgan fingerprint density at radius 2 is 1.93 bits per heavy atom. The lowest BCUT2D eigenvalue weighted by Gasteiger charge is -2.12. The standard InChI is InChI=1S/C22H15N3O2/c1-3-14-4-7-16(8-5-14)20-17-11-15(12-23)6-9-18(17)24-22(26)21(20)19-10-13(2)25-27-19/h3-11H,1H2,2H3,(H,24,26). The lowest BCUT2D eigenvalue weighted by molar-refractivity contribution is 0.427. The SMILES string of the molecule is C=Cc1ccc(-c2c(-c3cc(C)no3)c(=O)[nH]c3ccc(C#N)cc23)cc1. The van der Waals surface area contributed by atoms with Crippen LogP contribution in [0.2, 0.25) is 0 Å². The van der Waals surface area contributed by atoms with Gasteiger partial charge < -0.3 is 9.51 Å². The predicted octanol–water partition coefficient (Wildman–Crippen LogP) is 4.67. The van der Waals surface area contributed by atoms with E-state index in [2.05, 4.69) is 22.8 Å². The van der Waals surface area contributed by atoms with Gasteiger partial charge in [0.15, 0.2) is 5.76 Å². The van der Waals surface area contributed by atoms with E-state index < -0.39 is 0 Å². The molecule has 5 heteroatoms. The van der Waals surface area contributed by atoms with Gasteiger partial charge in [-0.2, -0.15) is 5.26 Å². The van der Waals surface area contributed by atoms with E-state index in [1.54, 1.807) is 37.3 Å². The number of pyridine rings is 1. The normalized spacial score (nSPS) is 10.7. The summed E-state index contributed by atoms with van der Waals surface area (Å²) in [5, 5.41) is 14.0. The maximum absolute atomic E-state index is 12.9. The summed E-state index contributed by atoms with van der Waals surface area (Å²) in [4.78, 5) is 15.8. The lowest BCUT2D eigenvalue weighted by Crippen LogP contribution is -2.11. The molecule has 0 amide bonds. The van der Waals surface area contributed by atoms with Crippen LogP contribution in [0.1, 0.15) is 16.8 Å². The molecule has 2 aromatic heterocycles. The molecule has 0 unspecified atom stereocenters. The van der Waals surface area contributed by atoms with Crippen LogP contribution in [0, 0.1) is 18.3 Å². The van der Waals surface area contributed by atoms with Gasteiger partial charge in [-0.15, -0.1) is 0 Å². The van der Waals surface area contributed by atoms with Crippen molar-refractivity contribution in [2.24, 2.45) is 0 Å². The van der Waals surface area contributed by atoms with E-state index in [1.807, 2.05) is 24.3 Å². The number of fused-ring (bicyclic) bond motifs is 1. The van der Waals surface area contributed by atoms with Crippen molar-refractivity contribution >= 4 is 17.0 Å². The Bertz CT molecular complexity index is 1270. The zero-order valence-corrected chi connectivity index (χ0v) is 14.6. The van der Waals surface area contributed by atoms with Gasteiger partial charge in [0.2, 0.25) is 0 Å². The minimum atomic E-state index is -0.272. The minimum absolute atomic E-state index is 0.272. The maximum Gasteiger partial charge on any atom is 0.260 e. The van der Waals surface area contributed by atoms with Gasteiger partial charge in [0.25, 0.3) is 5.56 Å². The third kappa shape index (κ3) is 2.83. The number of H-pyrrole nitrogens is 1. The molecule has 0 atom stereocenters. The number of nitrogens with zero attached hydrogens (tertiary/aromatic N) is 2. The number of aromatic nitrogens is 2. The molecule has 0 spiro atoms. The Kier molecular flexibility index (Phi) is 3.94. The molecule has 0 saturated heterocycles. The highest BCUT2D eigenvalue weighted by molar-refractivity contribution is 6.02. The van der Waals surface area contributed by atoms with Crippen molar-refractivity contribution < 1.29 is 4.52 Å². The summed E-state index contributed by atoms with van der Waals surface area (Å²) >= 11 is 0. The number of benzene rings is 2. The first-order chi connectivity index (χ1) is 13.1. The van der Waals surface area contributed by atoms with Crippen molar-refractivity contribution in [2.75, 3.05) is 0 Å². The van der Waals surface area contributed by atoms with Gasteiger partial charge in [0.05, 0.1) is 22.9 Å². The summed E-state index contributed by atoms with van der Waals surface area (Å²) in [6, 6.07) is 16.8. The molecule has 0 aliphatic heterocycles. The molecule has 2 heterocycles. The monoisotopic (exact) mass is 353 g/mol. The van der Waals surface area contributed by atoms with Crippen LogP contribution in [0.25, 0.3) is 39.4 Å². The largest absolute Gasteiger partial charge is 0.356 e. The zero-order valence-electron chi connectivity index (χ0n) is 14.6. The Hall–Kier alpha value is -3.91. The van der Waals surface area contributed by atoms with Crippen LogP contribution < -0.4 is 5.56 Å². The topological polar surface area (TPSA) is 82.7 Å². The maximum atomic E-state index is 12.9. The van der Waals surface area contributed by atoms with E-state index >= 15 is 0 Å². The van der Waals surface area contributed by atoms with Gasteiger partial charge in [-0.25, -0.2) is 0 Å². The Morgan fingerprint density at radius 1 is 1.15 bits per heavy atom. The van der Waals surface area contributed by atoms with Crippen molar-refractivity contribution in [3.8, 4) is 28.5 Å². The van der Waals surface area contributed by atoms with Crippen molar-refractivity contribution in [1.29, 1.82) is 5.26 Å². The second-order valence-electron chi connectivity index (χ2n) is 6.23.